The molecule has 148 valence electrons. The molecule has 4 rings (SSSR count). The molecule has 0 amide bonds. The van der Waals surface area contributed by atoms with Gasteiger partial charge in [0.2, 0.25) is 5.88 Å². The van der Waals surface area contributed by atoms with E-state index in [9.17, 15) is 0 Å². The van der Waals surface area contributed by atoms with E-state index in [0.29, 0.717) is 46.9 Å². The van der Waals surface area contributed by atoms with E-state index in [4.69, 9.17) is 36.4 Å². The fraction of sp³-hybridized carbons (Fsp3) is 0.143. The van der Waals surface area contributed by atoms with Crippen LogP contribution >= 0.6 is 11.6 Å². The predicted molar refractivity (Wildman–Crippen MR) is 109 cm³/mol. The van der Waals surface area contributed by atoms with Gasteiger partial charge in [-0.3, -0.25) is 0 Å². The second-order valence-electron chi connectivity index (χ2n) is 6.12. The lowest BCUT2D eigenvalue weighted by molar-refractivity contribution is 0.129. The number of para-hydroxylation sites is 1. The maximum absolute atomic E-state index is 6.24. The zero-order chi connectivity index (χ0) is 20.1. The van der Waals surface area contributed by atoms with Crippen LogP contribution in [0.1, 0.15) is 11.1 Å². The number of halogens is 1. The lowest BCUT2D eigenvalue weighted by atomic mass is 10.2. The van der Waals surface area contributed by atoms with Crippen molar-refractivity contribution in [1.29, 1.82) is 0 Å². The van der Waals surface area contributed by atoms with Gasteiger partial charge in [-0.15, -0.1) is 0 Å². The van der Waals surface area contributed by atoms with Gasteiger partial charge in [-0.1, -0.05) is 35.0 Å². The third kappa shape index (κ3) is 4.52. The van der Waals surface area contributed by atoms with Gasteiger partial charge in [-0.05, 0) is 42.0 Å². The van der Waals surface area contributed by atoms with E-state index in [0.717, 1.165) is 5.56 Å². The number of oxime groups is 1. The molecule has 0 atom stereocenters. The van der Waals surface area contributed by atoms with Crippen molar-refractivity contribution in [2.45, 2.75) is 6.61 Å². The Labute approximate surface area is 172 Å². The number of benzene rings is 2. The first kappa shape index (κ1) is 18.9. The summed E-state index contributed by atoms with van der Waals surface area (Å²) in [5, 5.41) is 4.45. The minimum absolute atomic E-state index is 0.146. The van der Waals surface area contributed by atoms with Crippen LogP contribution in [0.2, 0.25) is 5.02 Å². The van der Waals surface area contributed by atoms with Crippen molar-refractivity contribution in [3.8, 4) is 23.1 Å². The highest BCUT2D eigenvalue weighted by molar-refractivity contribution is 6.32. The van der Waals surface area contributed by atoms with Crippen LogP contribution in [-0.2, 0) is 11.4 Å². The molecule has 0 saturated carbocycles. The number of nitrogens with two attached hydrogens (primary N) is 1. The van der Waals surface area contributed by atoms with Gasteiger partial charge in [0.1, 0.15) is 25.6 Å². The molecule has 2 heterocycles. The molecule has 0 saturated heterocycles. The topological polar surface area (TPSA) is 88.2 Å². The Morgan fingerprint density at radius 2 is 1.93 bits per heavy atom. The van der Waals surface area contributed by atoms with Crippen LogP contribution in [-0.4, -0.2) is 24.0 Å². The summed E-state index contributed by atoms with van der Waals surface area (Å²) in [7, 11) is 0. The lowest BCUT2D eigenvalue weighted by Gasteiger charge is -2.20. The first-order chi connectivity index (χ1) is 14.2. The number of hydrogen-bond acceptors (Lipinski definition) is 6. The number of amidine groups is 1. The summed E-state index contributed by atoms with van der Waals surface area (Å²) in [6.07, 6.45) is 1.62. The van der Waals surface area contributed by atoms with Crippen molar-refractivity contribution in [2.24, 2.45) is 10.9 Å². The van der Waals surface area contributed by atoms with Gasteiger partial charge in [0.15, 0.2) is 17.3 Å². The van der Waals surface area contributed by atoms with Crippen molar-refractivity contribution < 1.29 is 19.0 Å². The quantitative estimate of drug-likeness (QED) is 0.372. The maximum Gasteiger partial charge on any atom is 0.230 e. The van der Waals surface area contributed by atoms with Gasteiger partial charge >= 0.3 is 0 Å². The zero-order valence-electron chi connectivity index (χ0n) is 15.4. The number of fused-ring (bicyclic) bond motifs is 1. The molecule has 0 spiro atoms. The molecular formula is C21H18ClN3O4. The number of rotatable bonds is 6. The van der Waals surface area contributed by atoms with Crippen molar-refractivity contribution in [3.05, 3.63) is 76.9 Å². The number of ether oxygens (including phenoxy) is 3. The molecule has 0 radical (unpaired) electrons. The highest BCUT2D eigenvalue weighted by Gasteiger charge is 2.17. The molecule has 3 aromatic rings. The average molecular weight is 412 g/mol. The third-order valence-electron chi connectivity index (χ3n) is 4.06. The lowest BCUT2D eigenvalue weighted by Crippen LogP contribution is -2.16. The normalized spacial score (nSPS) is 13.1. The van der Waals surface area contributed by atoms with E-state index >= 15 is 0 Å². The fourth-order valence-electron chi connectivity index (χ4n) is 2.74. The van der Waals surface area contributed by atoms with E-state index in [1.165, 1.54) is 0 Å². The van der Waals surface area contributed by atoms with E-state index in [1.54, 1.807) is 30.5 Å². The number of aromatic nitrogens is 1. The highest BCUT2D eigenvalue weighted by atomic mass is 35.5. The monoisotopic (exact) mass is 411 g/mol. The van der Waals surface area contributed by atoms with Gasteiger partial charge in [0.05, 0.1) is 10.6 Å². The smallest absolute Gasteiger partial charge is 0.230 e. The minimum Gasteiger partial charge on any atom is -0.486 e. The SMILES string of the molecule is NC(=NOCc1cc(Cl)c2c(c1)OCCO2)c1cccnc1Oc1ccccc1. The molecular weight excluding hydrogens is 394 g/mol. The van der Waals surface area contributed by atoms with Crippen molar-refractivity contribution in [1.82, 2.24) is 4.98 Å². The molecule has 1 aromatic heterocycles. The molecule has 2 aromatic carbocycles. The molecule has 8 heteroatoms. The van der Waals surface area contributed by atoms with Crippen LogP contribution in [0, 0.1) is 0 Å². The molecule has 0 fully saturated rings. The van der Waals surface area contributed by atoms with E-state index in [2.05, 4.69) is 10.1 Å². The first-order valence-corrected chi connectivity index (χ1v) is 9.30. The van der Waals surface area contributed by atoms with Crippen molar-refractivity contribution in [2.75, 3.05) is 13.2 Å². The number of hydrogen-bond donors (Lipinski definition) is 1. The maximum atomic E-state index is 6.24. The molecule has 0 unspecified atom stereocenters. The summed E-state index contributed by atoms with van der Waals surface area (Å²) in [6.45, 7) is 1.11. The molecule has 1 aliphatic heterocycles. The summed E-state index contributed by atoms with van der Waals surface area (Å²) in [4.78, 5) is 9.65. The molecule has 29 heavy (non-hydrogen) atoms. The standard InChI is InChI=1S/C21H18ClN3O4/c22-17-11-14(12-18-19(17)27-10-9-26-18)13-28-25-20(23)16-7-4-8-24-21(16)29-15-5-2-1-3-6-15/h1-8,11-12H,9-10,13H2,(H2,23,25). The van der Waals surface area contributed by atoms with Gasteiger partial charge in [-0.2, -0.15) is 0 Å². The highest BCUT2D eigenvalue weighted by Crippen LogP contribution is 2.38. The van der Waals surface area contributed by atoms with Crippen molar-refractivity contribution in [3.63, 3.8) is 0 Å². The van der Waals surface area contributed by atoms with Gasteiger partial charge in [0.25, 0.3) is 0 Å². The Hall–Kier alpha value is -3.45. The Bertz CT molecular complexity index is 1030. The van der Waals surface area contributed by atoms with Gasteiger partial charge in [-0.25, -0.2) is 4.98 Å². The average Bonchev–Trinajstić information content (AvgIpc) is 2.75. The summed E-state index contributed by atoms with van der Waals surface area (Å²) < 4.78 is 16.9. The zero-order valence-corrected chi connectivity index (χ0v) is 16.1. The summed E-state index contributed by atoms with van der Waals surface area (Å²) in [6, 6.07) is 16.4. The van der Waals surface area contributed by atoms with Crippen LogP contribution in [0.15, 0.2) is 65.9 Å². The van der Waals surface area contributed by atoms with E-state index in [-0.39, 0.29) is 12.4 Å². The Morgan fingerprint density at radius 3 is 2.79 bits per heavy atom. The second-order valence-corrected chi connectivity index (χ2v) is 6.53. The Balaban J connectivity index is 1.47. The first-order valence-electron chi connectivity index (χ1n) is 8.92. The predicted octanol–water partition coefficient (Wildman–Crippen LogP) is 4.14. The van der Waals surface area contributed by atoms with Crippen molar-refractivity contribution >= 4 is 17.4 Å². The number of nitrogens with zero attached hydrogens (tertiary/aromatic N) is 2. The minimum atomic E-state index is 0.146. The van der Waals surface area contributed by atoms with E-state index in [1.807, 2.05) is 30.3 Å². The third-order valence-corrected chi connectivity index (χ3v) is 4.34. The molecule has 0 bridgehead atoms. The Kier molecular flexibility index (Phi) is 5.67. The molecule has 7 nitrogen and oxygen atoms in total. The molecule has 2 N–H and O–H groups in total. The largest absolute Gasteiger partial charge is 0.486 e. The van der Waals surface area contributed by atoms with E-state index < -0.39 is 0 Å². The second kappa shape index (κ2) is 8.70. The molecule has 0 aliphatic carbocycles. The number of pyridine rings is 1. The van der Waals surface area contributed by atoms with Crippen LogP contribution in [0.3, 0.4) is 0 Å². The van der Waals surface area contributed by atoms with Gasteiger partial charge < -0.3 is 24.8 Å². The van der Waals surface area contributed by atoms with Crippen LogP contribution in [0.4, 0.5) is 0 Å². The summed E-state index contributed by atoms with van der Waals surface area (Å²) >= 11 is 6.24. The summed E-state index contributed by atoms with van der Waals surface area (Å²) in [5.74, 6) is 2.26. The molecule has 1 aliphatic rings. The fourth-order valence-corrected chi connectivity index (χ4v) is 3.03. The Morgan fingerprint density at radius 1 is 1.10 bits per heavy atom. The van der Waals surface area contributed by atoms with Crippen LogP contribution in [0.25, 0.3) is 0 Å². The summed E-state index contributed by atoms with van der Waals surface area (Å²) in [5.41, 5.74) is 7.39. The van der Waals surface area contributed by atoms with Crippen LogP contribution < -0.4 is 19.9 Å². The van der Waals surface area contributed by atoms with Crippen LogP contribution in [0.5, 0.6) is 23.1 Å². The van der Waals surface area contributed by atoms with Gasteiger partial charge in [0, 0.05) is 6.20 Å².